The summed E-state index contributed by atoms with van der Waals surface area (Å²) in [6.45, 7) is 0. The minimum Gasteiger partial charge on any atom is -0.194 e. The molecule has 1 aromatic rings. The number of hydrogen-bond acceptors (Lipinski definition) is 0. The average Bonchev–Trinajstić information content (AvgIpc) is 2.30. The molecule has 0 aliphatic carbocycles. The number of rotatable bonds is 3. The molecule has 21 heavy (non-hydrogen) atoms. The van der Waals surface area contributed by atoms with Crippen LogP contribution >= 0.6 is 23.2 Å². The summed E-state index contributed by atoms with van der Waals surface area (Å²) in [5.74, 6) is -19.7. The van der Waals surface area contributed by atoms with Crippen molar-refractivity contribution in [1.29, 1.82) is 0 Å². The molecular weight excluding hydrogens is 362 g/mol. The second kappa shape index (κ2) is 5.12. The smallest absolute Gasteiger partial charge is 0.194 e. The van der Waals surface area contributed by atoms with Crippen molar-refractivity contribution >= 4 is 23.2 Å². The third-order valence-electron chi connectivity index (χ3n) is 2.41. The Balaban J connectivity index is 3.51. The van der Waals surface area contributed by atoms with Crippen LogP contribution < -0.4 is 0 Å². The molecule has 0 nitrogen and oxygen atoms in total. The third kappa shape index (κ3) is 2.77. The van der Waals surface area contributed by atoms with Crippen LogP contribution in [0.4, 0.5) is 39.5 Å². The van der Waals surface area contributed by atoms with Crippen molar-refractivity contribution in [1.82, 2.24) is 0 Å². The molecular formula is C10H3Cl2F9. The maximum Gasteiger partial charge on any atom is 0.460 e. The molecule has 0 N–H and O–H groups in total. The van der Waals surface area contributed by atoms with Gasteiger partial charge < -0.3 is 0 Å². The highest BCUT2D eigenvalue weighted by molar-refractivity contribution is 6.33. The predicted molar refractivity (Wildman–Crippen MR) is 56.3 cm³/mol. The summed E-state index contributed by atoms with van der Waals surface area (Å²) in [5, 5.41) is -1.73. The van der Waals surface area contributed by atoms with Gasteiger partial charge in [-0.1, -0.05) is 23.2 Å². The minimum absolute atomic E-state index is 0.0876. The van der Waals surface area contributed by atoms with Crippen molar-refractivity contribution in [2.45, 2.75) is 23.9 Å². The van der Waals surface area contributed by atoms with E-state index in [-0.39, 0.29) is 6.07 Å². The molecule has 0 radical (unpaired) electrons. The van der Waals surface area contributed by atoms with Crippen LogP contribution in [0, 0.1) is 0 Å². The molecule has 0 aromatic heterocycles. The monoisotopic (exact) mass is 364 g/mol. The Bertz CT molecular complexity index is 536. The molecule has 120 valence electrons. The molecule has 0 aliphatic heterocycles. The van der Waals surface area contributed by atoms with Gasteiger partial charge in [-0.3, -0.25) is 0 Å². The fourth-order valence-corrected chi connectivity index (χ4v) is 1.69. The Labute approximate surface area is 121 Å². The van der Waals surface area contributed by atoms with Gasteiger partial charge in [0.25, 0.3) is 0 Å². The van der Waals surface area contributed by atoms with Gasteiger partial charge in [0.05, 0.1) is 5.02 Å². The topological polar surface area (TPSA) is 0 Å². The first-order chi connectivity index (χ1) is 9.16. The Morgan fingerprint density at radius 3 is 1.62 bits per heavy atom. The first-order valence-corrected chi connectivity index (χ1v) is 5.57. The van der Waals surface area contributed by atoms with E-state index < -0.39 is 39.6 Å². The zero-order chi connectivity index (χ0) is 16.9. The van der Waals surface area contributed by atoms with Crippen LogP contribution in [0.15, 0.2) is 18.2 Å². The van der Waals surface area contributed by atoms with Gasteiger partial charge >= 0.3 is 23.9 Å². The highest BCUT2D eigenvalue weighted by Gasteiger charge is 2.82. The van der Waals surface area contributed by atoms with E-state index in [0.29, 0.717) is 6.07 Å². The number of halogens is 11. The van der Waals surface area contributed by atoms with E-state index in [4.69, 9.17) is 23.2 Å². The number of alkyl halides is 9. The van der Waals surface area contributed by atoms with E-state index in [2.05, 4.69) is 0 Å². The molecule has 0 saturated carbocycles. The Kier molecular flexibility index (Phi) is 4.44. The van der Waals surface area contributed by atoms with Gasteiger partial charge in [-0.2, -0.15) is 39.5 Å². The molecule has 0 spiro atoms. The molecule has 11 heteroatoms. The third-order valence-corrected chi connectivity index (χ3v) is 2.98. The lowest BCUT2D eigenvalue weighted by Gasteiger charge is -2.34. The van der Waals surface area contributed by atoms with Gasteiger partial charge in [0.1, 0.15) is 0 Å². The van der Waals surface area contributed by atoms with Crippen molar-refractivity contribution in [3.05, 3.63) is 33.8 Å². The van der Waals surface area contributed by atoms with Crippen molar-refractivity contribution < 1.29 is 39.5 Å². The summed E-state index contributed by atoms with van der Waals surface area (Å²) in [6.07, 6.45) is -6.88. The van der Waals surface area contributed by atoms with Crippen LogP contribution in [0.25, 0.3) is 0 Å². The molecule has 0 bridgehead atoms. The highest BCUT2D eigenvalue weighted by atomic mass is 35.5. The standard InChI is InChI=1S/C10H3Cl2F9/c11-4-1-2-6(12)5(3-4)7(13,14)8(15,16)9(17,18)10(19,20)21/h1-3H. The quantitative estimate of drug-likeness (QED) is 0.584. The Morgan fingerprint density at radius 2 is 1.19 bits per heavy atom. The van der Waals surface area contributed by atoms with Crippen molar-refractivity contribution in [3.8, 4) is 0 Å². The van der Waals surface area contributed by atoms with Crippen LogP contribution in [0.2, 0.25) is 10.0 Å². The molecule has 0 heterocycles. The summed E-state index contributed by atoms with van der Waals surface area (Å²) in [4.78, 5) is 0. The van der Waals surface area contributed by atoms with Gasteiger partial charge in [0, 0.05) is 10.6 Å². The summed E-state index contributed by atoms with van der Waals surface area (Å²) in [7, 11) is 0. The van der Waals surface area contributed by atoms with Crippen molar-refractivity contribution in [2.24, 2.45) is 0 Å². The highest BCUT2D eigenvalue weighted by Crippen LogP contribution is 2.57. The van der Waals surface area contributed by atoms with Crippen LogP contribution in [0.5, 0.6) is 0 Å². The summed E-state index contributed by atoms with van der Waals surface area (Å²) < 4.78 is 115. The Morgan fingerprint density at radius 1 is 0.714 bits per heavy atom. The Hall–Kier alpha value is -0.830. The molecule has 0 unspecified atom stereocenters. The summed E-state index contributed by atoms with van der Waals surface area (Å²) in [5.41, 5.74) is -1.94. The molecule has 0 fully saturated rings. The van der Waals surface area contributed by atoms with Gasteiger partial charge in [-0.05, 0) is 18.2 Å². The van der Waals surface area contributed by atoms with E-state index >= 15 is 0 Å². The van der Waals surface area contributed by atoms with Crippen molar-refractivity contribution in [2.75, 3.05) is 0 Å². The summed E-state index contributed by atoms with van der Waals surface area (Å²) >= 11 is 10.4. The first kappa shape index (κ1) is 18.2. The van der Waals surface area contributed by atoms with Gasteiger partial charge in [0.2, 0.25) is 0 Å². The number of hydrogen-bond donors (Lipinski definition) is 0. The van der Waals surface area contributed by atoms with Gasteiger partial charge in [-0.25, -0.2) is 0 Å². The van der Waals surface area contributed by atoms with E-state index in [1.165, 1.54) is 0 Å². The normalized spacial score (nSPS) is 14.4. The summed E-state index contributed by atoms with van der Waals surface area (Å²) in [6, 6.07) is 1.52. The lowest BCUT2D eigenvalue weighted by atomic mass is 9.97. The molecule has 0 atom stereocenters. The molecule has 1 aromatic carbocycles. The average molecular weight is 365 g/mol. The van der Waals surface area contributed by atoms with Crippen molar-refractivity contribution in [3.63, 3.8) is 0 Å². The zero-order valence-corrected chi connectivity index (χ0v) is 10.9. The van der Waals surface area contributed by atoms with Crippen LogP contribution in [0.3, 0.4) is 0 Å². The minimum atomic E-state index is -6.98. The van der Waals surface area contributed by atoms with E-state index in [1.54, 1.807) is 0 Å². The second-order valence-electron chi connectivity index (χ2n) is 3.85. The lowest BCUT2D eigenvalue weighted by Crippen LogP contribution is -2.59. The number of benzene rings is 1. The first-order valence-electron chi connectivity index (χ1n) is 4.82. The lowest BCUT2D eigenvalue weighted by molar-refractivity contribution is -0.399. The second-order valence-corrected chi connectivity index (χ2v) is 4.69. The van der Waals surface area contributed by atoms with Crippen LogP contribution in [-0.2, 0) is 5.92 Å². The zero-order valence-electron chi connectivity index (χ0n) is 9.39. The molecule has 0 saturated heterocycles. The van der Waals surface area contributed by atoms with Gasteiger partial charge in [-0.15, -0.1) is 0 Å². The maximum atomic E-state index is 13.5. The molecule has 0 aliphatic rings. The molecule has 1 rings (SSSR count). The van der Waals surface area contributed by atoms with Gasteiger partial charge in [0.15, 0.2) is 0 Å². The van der Waals surface area contributed by atoms with Crippen LogP contribution in [0.1, 0.15) is 5.56 Å². The maximum absolute atomic E-state index is 13.5. The predicted octanol–water partition coefficient (Wildman–Crippen LogP) is 5.92. The van der Waals surface area contributed by atoms with E-state index in [9.17, 15) is 39.5 Å². The van der Waals surface area contributed by atoms with E-state index in [1.807, 2.05) is 0 Å². The van der Waals surface area contributed by atoms with Crippen LogP contribution in [-0.4, -0.2) is 18.0 Å². The largest absolute Gasteiger partial charge is 0.460 e. The van der Waals surface area contributed by atoms with E-state index in [0.717, 1.165) is 6.07 Å². The fourth-order valence-electron chi connectivity index (χ4n) is 1.28. The SMILES string of the molecule is FC(F)(F)C(F)(F)C(F)(F)C(F)(F)c1cc(Cl)ccc1Cl. The fraction of sp³-hybridized carbons (Fsp3) is 0.400. The molecule has 0 amide bonds.